The number of aromatic nitrogens is 8. The summed E-state index contributed by atoms with van der Waals surface area (Å²) in [5.74, 6) is 1.50. The Hall–Kier alpha value is -5.84. The van der Waals surface area contributed by atoms with E-state index in [4.69, 9.17) is 9.97 Å². The van der Waals surface area contributed by atoms with Crippen LogP contribution in [0.3, 0.4) is 0 Å². The van der Waals surface area contributed by atoms with Gasteiger partial charge in [-0.2, -0.15) is 9.97 Å². The van der Waals surface area contributed by atoms with E-state index in [1.54, 1.807) is 9.13 Å². The van der Waals surface area contributed by atoms with Gasteiger partial charge in [0, 0.05) is 66.0 Å². The van der Waals surface area contributed by atoms with Crippen molar-refractivity contribution in [1.29, 1.82) is 0 Å². The fourth-order valence-electron chi connectivity index (χ4n) is 9.50. The van der Waals surface area contributed by atoms with Gasteiger partial charge >= 0.3 is 11.4 Å². The van der Waals surface area contributed by atoms with Crippen LogP contribution in [0.15, 0.2) is 128 Å². The van der Waals surface area contributed by atoms with E-state index in [1.807, 2.05) is 108 Å². The predicted molar refractivity (Wildman–Crippen MR) is 299 cm³/mol. The highest BCUT2D eigenvalue weighted by molar-refractivity contribution is 14.1. The van der Waals surface area contributed by atoms with Crippen molar-refractivity contribution in [2.24, 2.45) is 0 Å². The molecule has 0 radical (unpaired) electrons. The highest BCUT2D eigenvalue weighted by Gasteiger charge is 2.28. The summed E-state index contributed by atoms with van der Waals surface area (Å²) < 4.78 is 12.4. The van der Waals surface area contributed by atoms with Crippen molar-refractivity contribution in [2.75, 3.05) is 62.2 Å². The van der Waals surface area contributed by atoms with Gasteiger partial charge in [-0.3, -0.25) is 37.0 Å². The summed E-state index contributed by atoms with van der Waals surface area (Å²) >= 11 is 4.68. The highest BCUT2D eigenvalue weighted by atomic mass is 127. The first-order chi connectivity index (χ1) is 34.7. The lowest BCUT2D eigenvalue weighted by Gasteiger charge is -2.28. The molecule has 71 heavy (non-hydrogen) atoms. The smallest absolute Gasteiger partial charge is 0.333 e. The van der Waals surface area contributed by atoms with Crippen LogP contribution in [0.1, 0.15) is 55.4 Å². The number of anilines is 2. The molecule has 18 heteroatoms. The van der Waals surface area contributed by atoms with Crippen molar-refractivity contribution in [2.45, 2.75) is 72.4 Å². The Balaban J connectivity index is 0.000000176. The van der Waals surface area contributed by atoms with Crippen LogP contribution >= 0.6 is 45.2 Å². The molecule has 0 unspecified atom stereocenters. The topological polar surface area (TPSA) is 154 Å². The minimum Gasteiger partial charge on any atom is -0.341 e. The van der Waals surface area contributed by atoms with Crippen LogP contribution in [0.25, 0.3) is 22.3 Å². The van der Waals surface area contributed by atoms with E-state index in [0.29, 0.717) is 74.4 Å². The molecule has 0 atom stereocenters. The van der Waals surface area contributed by atoms with Crippen LogP contribution in [-0.2, 0) is 39.3 Å². The molecule has 2 N–H and O–H groups in total. The van der Waals surface area contributed by atoms with E-state index in [-0.39, 0.29) is 22.5 Å². The lowest BCUT2D eigenvalue weighted by Crippen LogP contribution is -2.44. The second-order valence-electron chi connectivity index (χ2n) is 18.0. The molecule has 0 aliphatic carbocycles. The lowest BCUT2D eigenvalue weighted by atomic mass is 10.2. The second kappa shape index (κ2) is 23.1. The molecular formula is C53H60I2N12O4. The van der Waals surface area contributed by atoms with Gasteiger partial charge in [0.15, 0.2) is 22.3 Å². The first-order valence-electron chi connectivity index (χ1n) is 24.6. The Morgan fingerprint density at radius 1 is 0.465 bits per heavy atom. The Labute approximate surface area is 439 Å². The largest absolute Gasteiger partial charge is 0.341 e. The molecule has 8 aromatic rings. The summed E-state index contributed by atoms with van der Waals surface area (Å²) in [4.78, 5) is 69.3. The summed E-state index contributed by atoms with van der Waals surface area (Å²) in [7, 11) is 0. The molecule has 0 amide bonds. The highest BCUT2D eigenvalue weighted by Crippen LogP contribution is 2.26. The van der Waals surface area contributed by atoms with Crippen LogP contribution in [0.5, 0.6) is 0 Å². The first kappa shape index (κ1) is 50.1. The third-order valence-electron chi connectivity index (χ3n) is 13.0. The van der Waals surface area contributed by atoms with E-state index < -0.39 is 0 Å². The molecule has 6 heterocycles. The van der Waals surface area contributed by atoms with E-state index in [2.05, 4.69) is 89.9 Å². The summed E-state index contributed by atoms with van der Waals surface area (Å²) in [6.45, 7) is 13.2. The van der Waals surface area contributed by atoms with Gasteiger partial charge in [0.25, 0.3) is 11.1 Å². The summed E-state index contributed by atoms with van der Waals surface area (Å²) in [5.41, 5.74) is 4.97. The number of imidazole rings is 2. The number of hydrogen-bond donors (Lipinski definition) is 2. The zero-order valence-corrected chi connectivity index (χ0v) is 44.6. The van der Waals surface area contributed by atoms with Gasteiger partial charge in [-0.25, -0.2) is 9.59 Å². The zero-order valence-electron chi connectivity index (χ0n) is 40.3. The number of hydrogen-bond acceptors (Lipinski definition) is 10. The third kappa shape index (κ3) is 10.8. The molecule has 2 fully saturated rings. The first-order valence-corrected chi connectivity index (χ1v) is 26.8. The number of fused-ring (bicyclic) bond motifs is 2. The zero-order chi connectivity index (χ0) is 49.4. The Bertz CT molecular complexity index is 3360. The molecule has 0 saturated carbocycles. The van der Waals surface area contributed by atoms with Crippen LogP contribution in [0.4, 0.5) is 11.9 Å². The number of benzene rings is 4. The van der Waals surface area contributed by atoms with Gasteiger partial charge in [-0.1, -0.05) is 111 Å². The Kier molecular flexibility index (Phi) is 16.3. The average Bonchev–Trinajstić information content (AvgIpc) is 3.83. The quantitative estimate of drug-likeness (QED) is 0.121. The van der Waals surface area contributed by atoms with Gasteiger partial charge in [0.1, 0.15) is 0 Å². The second-order valence-corrected chi connectivity index (χ2v) is 20.3. The molecule has 2 saturated heterocycles. The van der Waals surface area contributed by atoms with Crippen molar-refractivity contribution < 1.29 is 0 Å². The number of halogens is 2. The van der Waals surface area contributed by atoms with Gasteiger partial charge in [-0.15, -0.1) is 0 Å². The summed E-state index contributed by atoms with van der Waals surface area (Å²) in [6, 6.07) is 36.1. The molecule has 10 rings (SSSR count). The summed E-state index contributed by atoms with van der Waals surface area (Å²) in [6.07, 6.45) is 2.38. The van der Waals surface area contributed by atoms with Crippen LogP contribution in [0, 0.1) is 7.14 Å². The van der Waals surface area contributed by atoms with E-state index in [9.17, 15) is 19.2 Å². The van der Waals surface area contributed by atoms with Crippen molar-refractivity contribution in [1.82, 2.24) is 48.0 Å². The Morgan fingerprint density at radius 3 is 1.28 bits per heavy atom. The van der Waals surface area contributed by atoms with Crippen molar-refractivity contribution in [3.05, 3.63) is 180 Å². The van der Waals surface area contributed by atoms with E-state index >= 15 is 0 Å². The number of rotatable bonds is 14. The van der Waals surface area contributed by atoms with Gasteiger partial charge < -0.3 is 20.4 Å². The monoisotopic (exact) mass is 1180 g/mol. The van der Waals surface area contributed by atoms with Gasteiger partial charge in [-0.05, 0) is 105 Å². The fourth-order valence-corrected chi connectivity index (χ4v) is 10.6. The van der Waals surface area contributed by atoms with Gasteiger partial charge in [0.2, 0.25) is 11.9 Å². The Morgan fingerprint density at radius 2 is 0.859 bits per heavy atom. The maximum atomic E-state index is 13.9. The van der Waals surface area contributed by atoms with Gasteiger partial charge in [0.05, 0.1) is 26.2 Å². The van der Waals surface area contributed by atoms with Crippen LogP contribution in [0.2, 0.25) is 0 Å². The minimum absolute atomic E-state index is 0.265. The molecule has 0 bridgehead atoms. The molecule has 0 spiro atoms. The maximum absolute atomic E-state index is 13.9. The molecule has 2 aliphatic heterocycles. The third-order valence-corrected chi connectivity index (χ3v) is 15.2. The van der Waals surface area contributed by atoms with Crippen LogP contribution < -0.4 is 42.9 Å². The number of nitrogens with one attached hydrogen (secondary N) is 2. The molecule has 16 nitrogen and oxygen atoms in total. The normalized spacial score (nSPS) is 14.2. The van der Waals surface area contributed by atoms with E-state index in [1.165, 1.54) is 9.13 Å². The fraction of sp³-hybridized carbons (Fsp3) is 0.358. The molecule has 4 aromatic heterocycles. The van der Waals surface area contributed by atoms with E-state index in [0.717, 1.165) is 100 Å². The molecular weight excluding hydrogens is 1120 g/mol. The lowest BCUT2D eigenvalue weighted by molar-refractivity contribution is 0.570. The maximum Gasteiger partial charge on any atom is 0.333 e. The van der Waals surface area contributed by atoms with Crippen molar-refractivity contribution in [3.8, 4) is 0 Å². The predicted octanol–water partition coefficient (Wildman–Crippen LogP) is 6.15. The standard InChI is InChI=1S/C27H31IN6O2.C26H29IN6O2/c1-2-15-32-25(35)23-24(34(27(32)36)18-20-9-4-3-5-10-20)30-26(31-16-8-13-29-14-17-31)33(23)19-21-11-6-7-12-22(21)28;1-2-14-31-24(34)22-23(33(26(31)35)17-19-8-4-3-5-9-19)29-25(30-15-12-28-13-16-30)32(22)18-20-10-6-7-11-21(20)27/h3-7,9-12,29H,2,8,13-19H2,1H3;3-11,28H,2,12-18H2,1H3. The molecule has 370 valence electrons. The average molecular weight is 1180 g/mol. The van der Waals surface area contributed by atoms with Crippen molar-refractivity contribution in [3.63, 3.8) is 0 Å². The summed E-state index contributed by atoms with van der Waals surface area (Å²) in [5, 5.41) is 6.83. The van der Waals surface area contributed by atoms with Crippen LogP contribution in [-0.4, -0.2) is 89.7 Å². The number of piperazine rings is 1. The molecule has 2 aliphatic rings. The minimum atomic E-state index is -0.306. The number of nitrogens with zero attached hydrogens (tertiary/aromatic N) is 10. The SMILES string of the molecule is CCCn1c(=O)c2c(nc(N3CCCNCC3)n2Cc2ccccc2I)n(Cc2ccccc2)c1=O.CCCn1c(=O)c2c(nc(N3CCNCC3)n2Cc2ccccc2I)n(Cc2ccccc2)c1=O. The molecule has 4 aromatic carbocycles. The van der Waals surface area contributed by atoms with Crippen molar-refractivity contribution >= 4 is 79.4 Å².